The molecule has 0 radical (unpaired) electrons. The monoisotopic (exact) mass is 250 g/mol. The molecule has 0 aliphatic carbocycles. The van der Waals surface area contributed by atoms with Gasteiger partial charge in [0.2, 0.25) is 0 Å². The van der Waals surface area contributed by atoms with Gasteiger partial charge in [0.1, 0.15) is 6.61 Å². The van der Waals surface area contributed by atoms with Gasteiger partial charge in [-0.25, -0.2) is 9.59 Å². The molecule has 0 unspecified atom stereocenters. The molecule has 1 aromatic rings. The lowest BCUT2D eigenvalue weighted by Crippen LogP contribution is -2.03. The second-order valence-corrected chi connectivity index (χ2v) is 3.44. The van der Waals surface area contributed by atoms with Crippen LogP contribution in [0.25, 0.3) is 0 Å². The van der Waals surface area contributed by atoms with Gasteiger partial charge in [0, 0.05) is 12.2 Å². The summed E-state index contributed by atoms with van der Waals surface area (Å²) >= 11 is 0. The zero-order valence-corrected chi connectivity index (χ0v) is 9.96. The lowest BCUT2D eigenvalue weighted by molar-refractivity contribution is -0.140. The Balaban J connectivity index is 2.42. The number of hydrogen-bond donors (Lipinski definition) is 1. The molecule has 0 spiro atoms. The molecule has 0 bridgehead atoms. The molecule has 0 aliphatic rings. The van der Waals surface area contributed by atoms with Crippen LogP contribution in [-0.4, -0.2) is 24.2 Å². The lowest BCUT2D eigenvalue weighted by Gasteiger charge is -2.03. The van der Waals surface area contributed by atoms with E-state index < -0.39 is 11.9 Å². The largest absolute Gasteiger partial charge is 0.466 e. The number of rotatable bonds is 5. The van der Waals surface area contributed by atoms with E-state index in [0.29, 0.717) is 0 Å². The highest BCUT2D eigenvalue weighted by molar-refractivity contribution is 5.91. The highest BCUT2D eigenvalue weighted by atomic mass is 16.5. The van der Waals surface area contributed by atoms with Crippen LogP contribution in [-0.2, 0) is 32.3 Å². The van der Waals surface area contributed by atoms with Crippen LogP contribution in [0.5, 0.6) is 0 Å². The summed E-state index contributed by atoms with van der Waals surface area (Å²) < 4.78 is 9.23. The number of esters is 2. The standard InChI is InChI=1S/C13H14O5/c1-17-12(15)6-7-13(16)18-9-11-4-2-10(8-14)3-5-11/h2-7,14H,8-9H2,1H3. The molecule has 0 aromatic heterocycles. The Morgan fingerprint density at radius 1 is 1.11 bits per heavy atom. The SMILES string of the molecule is COC(=O)C=CC(=O)OCc1ccc(CO)cc1. The van der Waals surface area contributed by atoms with Crippen LogP contribution >= 0.6 is 0 Å². The summed E-state index contributed by atoms with van der Waals surface area (Å²) in [5.41, 5.74) is 1.59. The van der Waals surface area contributed by atoms with E-state index in [4.69, 9.17) is 9.84 Å². The molecular weight excluding hydrogens is 236 g/mol. The Kier molecular flexibility index (Phi) is 5.60. The van der Waals surface area contributed by atoms with E-state index in [9.17, 15) is 9.59 Å². The molecule has 0 aliphatic heterocycles. The Morgan fingerprint density at radius 3 is 2.22 bits per heavy atom. The fourth-order valence-electron chi connectivity index (χ4n) is 1.15. The minimum atomic E-state index is -0.619. The van der Waals surface area contributed by atoms with Crippen LogP contribution in [0.15, 0.2) is 36.4 Å². The first-order chi connectivity index (χ1) is 8.65. The normalized spacial score (nSPS) is 10.3. The molecule has 0 saturated carbocycles. The van der Waals surface area contributed by atoms with Crippen LogP contribution in [0.3, 0.4) is 0 Å². The van der Waals surface area contributed by atoms with Crippen molar-refractivity contribution < 1.29 is 24.2 Å². The molecule has 5 nitrogen and oxygen atoms in total. The topological polar surface area (TPSA) is 72.8 Å². The van der Waals surface area contributed by atoms with Crippen LogP contribution in [0.2, 0.25) is 0 Å². The summed E-state index contributed by atoms with van der Waals surface area (Å²) in [6.07, 6.45) is 2.01. The zero-order chi connectivity index (χ0) is 13.4. The highest BCUT2D eigenvalue weighted by Crippen LogP contribution is 2.05. The molecule has 1 N–H and O–H groups in total. The van der Waals surface area contributed by atoms with Gasteiger partial charge < -0.3 is 14.6 Å². The van der Waals surface area contributed by atoms with Gasteiger partial charge in [0.05, 0.1) is 13.7 Å². The maximum absolute atomic E-state index is 11.2. The first-order valence-corrected chi connectivity index (χ1v) is 5.27. The van der Waals surface area contributed by atoms with Crippen molar-refractivity contribution in [2.45, 2.75) is 13.2 Å². The summed E-state index contributed by atoms with van der Waals surface area (Å²) in [7, 11) is 1.22. The molecule has 0 atom stereocenters. The van der Waals surface area contributed by atoms with Crippen molar-refractivity contribution in [3.05, 3.63) is 47.5 Å². The summed E-state index contributed by atoms with van der Waals surface area (Å²) in [6.45, 7) is 0.0813. The molecule has 96 valence electrons. The van der Waals surface area contributed by atoms with Crippen molar-refractivity contribution >= 4 is 11.9 Å². The third-order valence-electron chi connectivity index (χ3n) is 2.14. The van der Waals surface area contributed by atoms with Crippen molar-refractivity contribution in [3.63, 3.8) is 0 Å². The van der Waals surface area contributed by atoms with E-state index in [2.05, 4.69) is 4.74 Å². The van der Waals surface area contributed by atoms with E-state index in [1.165, 1.54) is 7.11 Å². The number of carbonyl (C=O) groups is 2. The highest BCUT2D eigenvalue weighted by Gasteiger charge is 2.00. The fraction of sp³-hybridized carbons (Fsp3) is 0.231. The second-order valence-electron chi connectivity index (χ2n) is 3.44. The molecule has 1 aromatic carbocycles. The third kappa shape index (κ3) is 4.80. The molecule has 18 heavy (non-hydrogen) atoms. The van der Waals surface area contributed by atoms with Crippen molar-refractivity contribution in [2.75, 3.05) is 7.11 Å². The average molecular weight is 250 g/mol. The molecule has 0 fully saturated rings. The van der Waals surface area contributed by atoms with E-state index in [-0.39, 0.29) is 13.2 Å². The van der Waals surface area contributed by atoms with E-state index in [1.807, 2.05) is 0 Å². The summed E-state index contributed by atoms with van der Waals surface area (Å²) in [6, 6.07) is 6.99. The van der Waals surface area contributed by atoms with E-state index >= 15 is 0 Å². The molecule has 1 rings (SSSR count). The molecule has 0 heterocycles. The van der Waals surface area contributed by atoms with Gasteiger partial charge in [-0.2, -0.15) is 0 Å². The number of carbonyl (C=O) groups excluding carboxylic acids is 2. The number of methoxy groups -OCH3 is 1. The van der Waals surface area contributed by atoms with E-state index in [1.54, 1.807) is 24.3 Å². The van der Waals surface area contributed by atoms with Crippen molar-refractivity contribution in [2.24, 2.45) is 0 Å². The summed E-state index contributed by atoms with van der Waals surface area (Å²) in [4.78, 5) is 21.9. The van der Waals surface area contributed by atoms with Crippen molar-refractivity contribution in [1.29, 1.82) is 0 Å². The van der Waals surface area contributed by atoms with Gasteiger partial charge in [0.15, 0.2) is 0 Å². The van der Waals surface area contributed by atoms with Crippen LogP contribution < -0.4 is 0 Å². The Bertz CT molecular complexity index is 433. The lowest BCUT2D eigenvalue weighted by atomic mass is 10.1. The first-order valence-electron chi connectivity index (χ1n) is 5.27. The number of benzene rings is 1. The van der Waals surface area contributed by atoms with Crippen LogP contribution in [0.1, 0.15) is 11.1 Å². The van der Waals surface area contributed by atoms with Gasteiger partial charge in [-0.3, -0.25) is 0 Å². The predicted molar refractivity (Wildman–Crippen MR) is 63.3 cm³/mol. The van der Waals surface area contributed by atoms with E-state index in [0.717, 1.165) is 23.3 Å². The maximum atomic E-state index is 11.2. The zero-order valence-electron chi connectivity index (χ0n) is 9.96. The quantitative estimate of drug-likeness (QED) is 0.622. The van der Waals surface area contributed by atoms with Gasteiger partial charge in [-0.1, -0.05) is 24.3 Å². The minimum absolute atomic E-state index is 0.0259. The number of hydrogen-bond acceptors (Lipinski definition) is 5. The smallest absolute Gasteiger partial charge is 0.331 e. The first kappa shape index (κ1) is 13.9. The second kappa shape index (κ2) is 7.24. The van der Waals surface area contributed by atoms with Gasteiger partial charge in [0.25, 0.3) is 0 Å². The predicted octanol–water partition coefficient (Wildman–Crippen LogP) is 0.951. The summed E-state index contributed by atoms with van der Waals surface area (Å²) in [5, 5.41) is 8.85. The third-order valence-corrected chi connectivity index (χ3v) is 2.14. The molecular formula is C13H14O5. The van der Waals surface area contributed by atoms with Crippen LogP contribution in [0.4, 0.5) is 0 Å². The van der Waals surface area contributed by atoms with Gasteiger partial charge >= 0.3 is 11.9 Å². The van der Waals surface area contributed by atoms with Gasteiger partial charge in [-0.15, -0.1) is 0 Å². The summed E-state index contributed by atoms with van der Waals surface area (Å²) in [5.74, 6) is -1.23. The van der Waals surface area contributed by atoms with Gasteiger partial charge in [-0.05, 0) is 11.1 Å². The average Bonchev–Trinajstić information content (AvgIpc) is 2.42. The number of ether oxygens (including phenoxy) is 2. The Hall–Kier alpha value is -2.14. The maximum Gasteiger partial charge on any atom is 0.331 e. The van der Waals surface area contributed by atoms with Crippen LogP contribution in [0, 0.1) is 0 Å². The number of aliphatic hydroxyl groups excluding tert-OH is 1. The fourth-order valence-corrected chi connectivity index (χ4v) is 1.15. The molecule has 0 saturated heterocycles. The Labute approximate surface area is 105 Å². The molecule has 5 heteroatoms. The minimum Gasteiger partial charge on any atom is -0.466 e. The van der Waals surface area contributed by atoms with Crippen molar-refractivity contribution in [3.8, 4) is 0 Å². The Morgan fingerprint density at radius 2 is 1.67 bits per heavy atom. The number of aliphatic hydroxyl groups is 1. The molecule has 0 amide bonds. The van der Waals surface area contributed by atoms with Crippen molar-refractivity contribution in [1.82, 2.24) is 0 Å².